The van der Waals surface area contributed by atoms with Gasteiger partial charge < -0.3 is 9.13 Å². The van der Waals surface area contributed by atoms with Gasteiger partial charge in [-0.1, -0.05) is 6.42 Å². The molecule has 20 heavy (non-hydrogen) atoms. The first-order chi connectivity index (χ1) is 9.79. The van der Waals surface area contributed by atoms with E-state index in [-0.39, 0.29) is 0 Å². The van der Waals surface area contributed by atoms with Crippen molar-refractivity contribution in [3.63, 3.8) is 0 Å². The summed E-state index contributed by atoms with van der Waals surface area (Å²) in [5.74, 6) is 1.70. The Morgan fingerprint density at radius 2 is 2.25 bits per heavy atom. The molecule has 2 aromatic heterocycles. The molecule has 5 nitrogen and oxygen atoms in total. The van der Waals surface area contributed by atoms with E-state index in [9.17, 15) is 5.26 Å². The summed E-state index contributed by atoms with van der Waals surface area (Å²) in [5.41, 5.74) is 1.57. The second kappa shape index (κ2) is 5.33. The van der Waals surface area contributed by atoms with Crippen molar-refractivity contribution < 1.29 is 0 Å². The van der Waals surface area contributed by atoms with Gasteiger partial charge in [0.2, 0.25) is 0 Å². The average molecular weight is 267 g/mol. The third kappa shape index (κ3) is 2.25. The van der Waals surface area contributed by atoms with Crippen LogP contribution in [0.5, 0.6) is 0 Å². The van der Waals surface area contributed by atoms with Crippen LogP contribution >= 0.6 is 0 Å². The van der Waals surface area contributed by atoms with Gasteiger partial charge in [-0.2, -0.15) is 5.26 Å². The number of aromatic nitrogens is 4. The summed E-state index contributed by atoms with van der Waals surface area (Å²) >= 11 is 0. The molecule has 0 aromatic carbocycles. The van der Waals surface area contributed by atoms with E-state index in [0.717, 1.165) is 37.3 Å². The van der Waals surface area contributed by atoms with Gasteiger partial charge in [-0.25, -0.2) is 0 Å². The summed E-state index contributed by atoms with van der Waals surface area (Å²) in [6, 6.07) is 6.21. The van der Waals surface area contributed by atoms with Crippen molar-refractivity contribution in [3.05, 3.63) is 35.7 Å². The number of nitrogens with zero attached hydrogens (tertiary/aromatic N) is 5. The lowest BCUT2D eigenvalue weighted by molar-refractivity contribution is 0.627. The van der Waals surface area contributed by atoms with Crippen LogP contribution in [0.1, 0.15) is 36.6 Å². The van der Waals surface area contributed by atoms with Crippen LogP contribution in [0.2, 0.25) is 0 Å². The first kappa shape index (κ1) is 12.7. The van der Waals surface area contributed by atoms with Crippen LogP contribution in [0, 0.1) is 11.3 Å². The Bertz CT molecular complexity index is 683. The van der Waals surface area contributed by atoms with E-state index < -0.39 is 0 Å². The summed E-state index contributed by atoms with van der Waals surface area (Å²) < 4.78 is 4.09. The fourth-order valence-electron chi connectivity index (χ4n) is 2.60. The lowest BCUT2D eigenvalue weighted by Gasteiger charge is -2.06. The summed E-state index contributed by atoms with van der Waals surface area (Å²) in [7, 11) is 1.96. The normalized spacial score (nSPS) is 15.5. The highest BCUT2D eigenvalue weighted by molar-refractivity contribution is 5.86. The van der Waals surface area contributed by atoms with Gasteiger partial charge in [-0.15, -0.1) is 10.2 Å². The SMILES string of the molecule is Cn1cccc1C=C(C#N)c1nnc2n1CCCCC2. The van der Waals surface area contributed by atoms with Crippen LogP contribution < -0.4 is 0 Å². The third-order valence-corrected chi connectivity index (χ3v) is 3.75. The molecule has 0 aliphatic carbocycles. The fraction of sp³-hybridized carbons (Fsp3) is 0.400. The minimum absolute atomic E-state index is 0.576. The Morgan fingerprint density at radius 1 is 1.35 bits per heavy atom. The molecule has 0 amide bonds. The second-order valence-electron chi connectivity index (χ2n) is 5.12. The molecule has 102 valence electrons. The van der Waals surface area contributed by atoms with Crippen molar-refractivity contribution >= 4 is 11.6 Å². The van der Waals surface area contributed by atoms with Gasteiger partial charge in [0.05, 0.1) is 5.57 Å². The van der Waals surface area contributed by atoms with Crippen molar-refractivity contribution in [3.8, 4) is 6.07 Å². The van der Waals surface area contributed by atoms with E-state index in [1.165, 1.54) is 6.42 Å². The van der Waals surface area contributed by atoms with Gasteiger partial charge in [0.25, 0.3) is 0 Å². The largest absolute Gasteiger partial charge is 0.351 e. The van der Waals surface area contributed by atoms with Crippen LogP contribution in [0.15, 0.2) is 18.3 Å². The lowest BCUT2D eigenvalue weighted by atomic mass is 10.2. The number of fused-ring (bicyclic) bond motifs is 1. The first-order valence-electron chi connectivity index (χ1n) is 6.95. The summed E-state index contributed by atoms with van der Waals surface area (Å²) in [5, 5.41) is 17.9. The third-order valence-electron chi connectivity index (χ3n) is 3.75. The van der Waals surface area contributed by atoms with Crippen molar-refractivity contribution in [2.24, 2.45) is 7.05 Å². The van der Waals surface area contributed by atoms with Gasteiger partial charge in [-0.05, 0) is 31.1 Å². The van der Waals surface area contributed by atoms with E-state index in [2.05, 4.69) is 20.8 Å². The number of rotatable bonds is 2. The molecule has 0 bridgehead atoms. The maximum absolute atomic E-state index is 9.45. The number of allylic oxidation sites excluding steroid dienone is 1. The molecule has 0 saturated carbocycles. The molecule has 1 aliphatic rings. The minimum atomic E-state index is 0.576. The number of hydrogen-bond donors (Lipinski definition) is 0. The summed E-state index contributed by atoms with van der Waals surface area (Å²) in [4.78, 5) is 0. The zero-order chi connectivity index (χ0) is 13.9. The highest BCUT2D eigenvalue weighted by Crippen LogP contribution is 2.21. The Labute approximate surface area is 118 Å². The molecule has 0 spiro atoms. The Morgan fingerprint density at radius 3 is 3.00 bits per heavy atom. The number of hydrogen-bond acceptors (Lipinski definition) is 3. The molecular formula is C15H17N5. The van der Waals surface area contributed by atoms with Crippen LogP contribution in [0.3, 0.4) is 0 Å². The smallest absolute Gasteiger partial charge is 0.174 e. The minimum Gasteiger partial charge on any atom is -0.351 e. The van der Waals surface area contributed by atoms with Crippen molar-refractivity contribution in [2.45, 2.75) is 32.2 Å². The molecule has 0 atom stereocenters. The molecule has 3 rings (SSSR count). The molecule has 0 fully saturated rings. The monoisotopic (exact) mass is 267 g/mol. The number of nitriles is 1. The molecule has 2 aromatic rings. The van der Waals surface area contributed by atoms with E-state index in [1.54, 1.807) is 0 Å². The fourth-order valence-corrected chi connectivity index (χ4v) is 2.60. The summed E-state index contributed by atoms with van der Waals surface area (Å²) in [6.45, 7) is 0.907. The average Bonchev–Trinajstić information content (AvgIpc) is 2.96. The van der Waals surface area contributed by atoms with Gasteiger partial charge >= 0.3 is 0 Å². The van der Waals surface area contributed by atoms with Crippen LogP contribution in [-0.2, 0) is 20.0 Å². The molecule has 0 unspecified atom stereocenters. The van der Waals surface area contributed by atoms with E-state index in [4.69, 9.17) is 0 Å². The molecule has 0 N–H and O–H groups in total. The van der Waals surface area contributed by atoms with Crippen LogP contribution in [0.25, 0.3) is 11.6 Å². The molecule has 5 heteroatoms. The maximum atomic E-state index is 9.45. The van der Waals surface area contributed by atoms with Crippen LogP contribution in [-0.4, -0.2) is 19.3 Å². The topological polar surface area (TPSA) is 59.4 Å². The Balaban J connectivity index is 2.03. The Hall–Kier alpha value is -2.35. The van der Waals surface area contributed by atoms with E-state index in [0.29, 0.717) is 11.4 Å². The standard InChI is InChI=1S/C15H17N5/c1-19-8-5-6-13(19)10-12(11-16)15-18-17-14-7-3-2-4-9-20(14)15/h5-6,8,10H,2-4,7,9H2,1H3. The number of aryl methyl sites for hydroxylation is 2. The zero-order valence-electron chi connectivity index (χ0n) is 11.6. The predicted octanol–water partition coefficient (Wildman–Crippen LogP) is 2.41. The molecule has 0 radical (unpaired) electrons. The highest BCUT2D eigenvalue weighted by atomic mass is 15.3. The predicted molar refractivity (Wildman–Crippen MR) is 76.5 cm³/mol. The van der Waals surface area contributed by atoms with Gasteiger partial charge in [0.1, 0.15) is 11.9 Å². The lowest BCUT2D eigenvalue weighted by Crippen LogP contribution is -2.05. The second-order valence-corrected chi connectivity index (χ2v) is 5.12. The van der Waals surface area contributed by atoms with Gasteiger partial charge in [-0.3, -0.25) is 0 Å². The first-order valence-corrected chi connectivity index (χ1v) is 6.95. The molecule has 0 saturated heterocycles. The van der Waals surface area contributed by atoms with E-state index >= 15 is 0 Å². The molecule has 1 aliphatic heterocycles. The highest BCUT2D eigenvalue weighted by Gasteiger charge is 2.17. The van der Waals surface area contributed by atoms with Gasteiger partial charge in [0.15, 0.2) is 5.82 Å². The zero-order valence-corrected chi connectivity index (χ0v) is 11.6. The summed E-state index contributed by atoms with van der Waals surface area (Å²) in [6.07, 6.45) is 8.29. The van der Waals surface area contributed by atoms with E-state index in [1.807, 2.05) is 36.0 Å². The van der Waals surface area contributed by atoms with Crippen molar-refractivity contribution in [1.29, 1.82) is 5.26 Å². The Kier molecular flexibility index (Phi) is 3.38. The maximum Gasteiger partial charge on any atom is 0.174 e. The van der Waals surface area contributed by atoms with Crippen LogP contribution in [0.4, 0.5) is 0 Å². The van der Waals surface area contributed by atoms with Gasteiger partial charge in [0, 0.05) is 31.9 Å². The molecule has 3 heterocycles. The molecular weight excluding hydrogens is 250 g/mol. The van der Waals surface area contributed by atoms with Crippen molar-refractivity contribution in [2.75, 3.05) is 0 Å². The quantitative estimate of drug-likeness (QED) is 0.785. The van der Waals surface area contributed by atoms with Crippen molar-refractivity contribution in [1.82, 2.24) is 19.3 Å².